The van der Waals surface area contributed by atoms with Crippen LogP contribution in [0.5, 0.6) is 0 Å². The highest BCUT2D eigenvalue weighted by molar-refractivity contribution is 7.13. The summed E-state index contributed by atoms with van der Waals surface area (Å²) in [6.07, 6.45) is 7.52. The summed E-state index contributed by atoms with van der Waals surface area (Å²) >= 11 is 1.52. The highest BCUT2D eigenvalue weighted by atomic mass is 32.1. The molecule has 5 rings (SSSR count). The Kier molecular flexibility index (Phi) is 3.99. The van der Waals surface area contributed by atoms with Crippen LogP contribution >= 0.6 is 11.5 Å². The number of anilines is 2. The van der Waals surface area contributed by atoms with Crippen LogP contribution < -0.4 is 5.32 Å². The number of rotatable bonds is 4. The molecule has 2 N–H and O–H groups in total. The van der Waals surface area contributed by atoms with Gasteiger partial charge in [-0.05, 0) is 55.7 Å². The van der Waals surface area contributed by atoms with Crippen LogP contribution in [0.2, 0.25) is 0 Å². The minimum Gasteiger partial charge on any atom is -0.339 e. The SMILES string of the molecule is c1cnc2n[nH]c(Nc3cnc4c(CN5CCCCC5)nsc4c3)c2c1. The Morgan fingerprint density at radius 2 is 2.12 bits per heavy atom. The summed E-state index contributed by atoms with van der Waals surface area (Å²) in [5, 5.41) is 11.5. The largest absolute Gasteiger partial charge is 0.339 e. The van der Waals surface area contributed by atoms with Crippen molar-refractivity contribution in [3.63, 3.8) is 0 Å². The molecular weight excluding hydrogens is 346 g/mol. The molecule has 0 aromatic carbocycles. The van der Waals surface area contributed by atoms with E-state index in [1.54, 1.807) is 6.20 Å². The number of likely N-dealkylation sites (tertiary alicyclic amines) is 1. The lowest BCUT2D eigenvalue weighted by molar-refractivity contribution is 0.220. The highest BCUT2D eigenvalue weighted by Crippen LogP contribution is 2.28. The van der Waals surface area contributed by atoms with E-state index in [0.29, 0.717) is 5.65 Å². The third kappa shape index (κ3) is 2.91. The molecule has 8 heteroatoms. The zero-order valence-electron chi connectivity index (χ0n) is 14.3. The lowest BCUT2D eigenvalue weighted by Gasteiger charge is -2.25. The van der Waals surface area contributed by atoms with Crippen molar-refractivity contribution in [1.29, 1.82) is 0 Å². The van der Waals surface area contributed by atoms with Gasteiger partial charge in [-0.15, -0.1) is 0 Å². The first kappa shape index (κ1) is 15.7. The molecule has 0 unspecified atom stereocenters. The summed E-state index contributed by atoms with van der Waals surface area (Å²) in [4.78, 5) is 11.4. The molecular formula is C18H19N7S. The van der Waals surface area contributed by atoms with Gasteiger partial charge in [-0.2, -0.15) is 9.47 Å². The molecule has 1 aliphatic rings. The van der Waals surface area contributed by atoms with Crippen LogP contribution in [0.25, 0.3) is 21.3 Å². The first-order chi connectivity index (χ1) is 12.9. The molecule has 0 aliphatic carbocycles. The van der Waals surface area contributed by atoms with Crippen molar-refractivity contribution >= 4 is 44.3 Å². The Hall–Kier alpha value is -2.58. The average Bonchev–Trinajstić information content (AvgIpc) is 3.27. The molecule has 132 valence electrons. The van der Waals surface area contributed by atoms with E-state index in [9.17, 15) is 0 Å². The lowest BCUT2D eigenvalue weighted by atomic mass is 10.1. The summed E-state index contributed by atoms with van der Waals surface area (Å²) in [7, 11) is 0. The fourth-order valence-corrected chi connectivity index (χ4v) is 4.26. The van der Waals surface area contributed by atoms with Gasteiger partial charge < -0.3 is 5.32 Å². The topological polar surface area (TPSA) is 82.6 Å². The number of aromatic nitrogens is 5. The van der Waals surface area contributed by atoms with Gasteiger partial charge in [-0.25, -0.2) is 4.98 Å². The maximum atomic E-state index is 4.68. The van der Waals surface area contributed by atoms with Crippen molar-refractivity contribution in [2.24, 2.45) is 0 Å². The van der Waals surface area contributed by atoms with E-state index in [0.717, 1.165) is 39.3 Å². The second-order valence-electron chi connectivity index (χ2n) is 6.63. The normalized spacial score (nSPS) is 15.7. The number of piperidine rings is 1. The smallest absolute Gasteiger partial charge is 0.183 e. The number of hydrogen-bond acceptors (Lipinski definition) is 7. The maximum Gasteiger partial charge on any atom is 0.183 e. The number of nitrogens with one attached hydrogen (secondary N) is 2. The first-order valence-corrected chi connectivity index (χ1v) is 9.67. The summed E-state index contributed by atoms with van der Waals surface area (Å²) in [6, 6.07) is 5.99. The molecule has 1 fully saturated rings. The quantitative estimate of drug-likeness (QED) is 0.574. The minimum absolute atomic E-state index is 0.700. The first-order valence-electron chi connectivity index (χ1n) is 8.89. The van der Waals surface area contributed by atoms with Crippen molar-refractivity contribution in [3.8, 4) is 0 Å². The summed E-state index contributed by atoms with van der Waals surface area (Å²) < 4.78 is 5.76. The van der Waals surface area contributed by atoms with Crippen LogP contribution in [-0.2, 0) is 6.54 Å². The van der Waals surface area contributed by atoms with Crippen molar-refractivity contribution in [1.82, 2.24) is 29.4 Å². The number of aromatic amines is 1. The van der Waals surface area contributed by atoms with Gasteiger partial charge in [0.25, 0.3) is 0 Å². The standard InChI is InChI=1S/C18H19N7S/c1-2-7-25(8-3-1)11-14-16-15(26-24-14)9-12(10-20-16)21-18-13-5-4-6-19-17(13)22-23-18/h4-6,9-10H,1-3,7-8,11H2,(H2,19,21,22,23). The van der Waals surface area contributed by atoms with Gasteiger partial charge >= 0.3 is 0 Å². The van der Waals surface area contributed by atoms with E-state index in [2.05, 4.69) is 40.8 Å². The van der Waals surface area contributed by atoms with Crippen molar-refractivity contribution < 1.29 is 0 Å². The van der Waals surface area contributed by atoms with Gasteiger partial charge in [-0.3, -0.25) is 15.0 Å². The van der Waals surface area contributed by atoms with Crippen molar-refractivity contribution in [2.45, 2.75) is 25.8 Å². The lowest BCUT2D eigenvalue weighted by Crippen LogP contribution is -2.29. The molecule has 0 atom stereocenters. The van der Waals surface area contributed by atoms with E-state index in [1.165, 1.54) is 43.9 Å². The number of H-pyrrole nitrogens is 1. The number of pyridine rings is 2. The fraction of sp³-hybridized carbons (Fsp3) is 0.333. The van der Waals surface area contributed by atoms with Gasteiger partial charge in [-0.1, -0.05) is 6.42 Å². The van der Waals surface area contributed by atoms with Crippen LogP contribution in [0.4, 0.5) is 11.5 Å². The molecule has 7 nitrogen and oxygen atoms in total. The molecule has 1 saturated heterocycles. The zero-order valence-corrected chi connectivity index (χ0v) is 15.1. The van der Waals surface area contributed by atoms with Crippen LogP contribution in [-0.4, -0.2) is 42.5 Å². The van der Waals surface area contributed by atoms with Crippen molar-refractivity contribution in [3.05, 3.63) is 36.3 Å². The molecule has 4 aromatic rings. The zero-order chi connectivity index (χ0) is 17.3. The molecule has 1 aliphatic heterocycles. The van der Waals surface area contributed by atoms with Gasteiger partial charge in [0.15, 0.2) is 5.65 Å². The Morgan fingerprint density at radius 1 is 1.19 bits per heavy atom. The number of hydrogen-bond donors (Lipinski definition) is 2. The monoisotopic (exact) mass is 365 g/mol. The Morgan fingerprint density at radius 3 is 3.04 bits per heavy atom. The van der Waals surface area contributed by atoms with Crippen LogP contribution in [0.15, 0.2) is 30.6 Å². The molecule has 0 spiro atoms. The van der Waals surface area contributed by atoms with E-state index >= 15 is 0 Å². The number of fused-ring (bicyclic) bond motifs is 2. The second kappa shape index (κ2) is 6.62. The second-order valence-corrected chi connectivity index (χ2v) is 7.44. The van der Waals surface area contributed by atoms with Crippen molar-refractivity contribution in [2.75, 3.05) is 18.4 Å². The number of nitrogens with zero attached hydrogens (tertiary/aromatic N) is 5. The molecule has 0 saturated carbocycles. The Labute approximate surface area is 154 Å². The van der Waals surface area contributed by atoms with Gasteiger partial charge in [0, 0.05) is 12.7 Å². The molecule has 26 heavy (non-hydrogen) atoms. The third-order valence-electron chi connectivity index (χ3n) is 4.80. The van der Waals surface area contributed by atoms with Gasteiger partial charge in [0.2, 0.25) is 0 Å². The predicted molar refractivity (Wildman–Crippen MR) is 104 cm³/mol. The third-order valence-corrected chi connectivity index (χ3v) is 5.62. The summed E-state index contributed by atoms with van der Waals surface area (Å²) in [5.74, 6) is 0.826. The summed E-state index contributed by atoms with van der Waals surface area (Å²) in [5.41, 5.74) is 3.72. The molecule has 0 bridgehead atoms. The summed E-state index contributed by atoms with van der Waals surface area (Å²) in [6.45, 7) is 3.23. The van der Waals surface area contributed by atoms with E-state index < -0.39 is 0 Å². The molecule has 4 aromatic heterocycles. The van der Waals surface area contributed by atoms with E-state index in [4.69, 9.17) is 0 Å². The fourth-order valence-electron chi connectivity index (χ4n) is 3.47. The van der Waals surface area contributed by atoms with Gasteiger partial charge in [0.1, 0.15) is 11.3 Å². The van der Waals surface area contributed by atoms with Crippen LogP contribution in [0.1, 0.15) is 25.0 Å². The van der Waals surface area contributed by atoms with E-state index in [1.807, 2.05) is 18.3 Å². The van der Waals surface area contributed by atoms with E-state index in [-0.39, 0.29) is 0 Å². The van der Waals surface area contributed by atoms with Crippen LogP contribution in [0.3, 0.4) is 0 Å². The predicted octanol–water partition coefficient (Wildman–Crippen LogP) is 3.69. The molecule has 5 heterocycles. The Bertz CT molecular complexity index is 1050. The molecule has 0 amide bonds. The minimum atomic E-state index is 0.700. The maximum absolute atomic E-state index is 4.68. The molecule has 0 radical (unpaired) electrons. The van der Waals surface area contributed by atoms with Gasteiger partial charge in [0.05, 0.1) is 27.7 Å². The van der Waals surface area contributed by atoms with Crippen LogP contribution in [0, 0.1) is 0 Å². The Balaban J connectivity index is 1.40. The highest BCUT2D eigenvalue weighted by Gasteiger charge is 2.15. The average molecular weight is 365 g/mol.